The third kappa shape index (κ3) is 4.09. The monoisotopic (exact) mass is 365 g/mol. The van der Waals surface area contributed by atoms with Crippen molar-refractivity contribution in [1.29, 1.82) is 0 Å². The highest BCUT2D eigenvalue weighted by atomic mass is 79.9. The molecule has 21 heavy (non-hydrogen) atoms. The van der Waals surface area contributed by atoms with Crippen LogP contribution in [0.1, 0.15) is 49.4 Å². The summed E-state index contributed by atoms with van der Waals surface area (Å²) >= 11 is 9.88. The summed E-state index contributed by atoms with van der Waals surface area (Å²) in [6.07, 6.45) is 0. The number of hydrogen-bond donors (Lipinski definition) is 1. The van der Waals surface area contributed by atoms with Crippen LogP contribution in [0.4, 0.5) is 0 Å². The minimum Gasteiger partial charge on any atom is -0.306 e. The van der Waals surface area contributed by atoms with E-state index in [0.717, 1.165) is 21.6 Å². The van der Waals surface area contributed by atoms with Gasteiger partial charge in [0.25, 0.3) is 0 Å². The Morgan fingerprint density at radius 3 is 2.19 bits per heavy atom. The van der Waals surface area contributed by atoms with Crippen LogP contribution in [0.5, 0.6) is 0 Å². The Kier molecular flexibility index (Phi) is 5.86. The summed E-state index contributed by atoms with van der Waals surface area (Å²) in [6, 6.07) is 15.0. The van der Waals surface area contributed by atoms with Gasteiger partial charge in [-0.2, -0.15) is 0 Å². The summed E-state index contributed by atoms with van der Waals surface area (Å²) < 4.78 is 1.00. The fourth-order valence-corrected chi connectivity index (χ4v) is 3.20. The predicted octanol–water partition coefficient (Wildman–Crippen LogP) is 5.92. The first-order valence-electron chi connectivity index (χ1n) is 7.31. The molecule has 0 aromatic heterocycles. The number of rotatable bonds is 5. The molecule has 2 rings (SSSR count). The molecule has 0 saturated carbocycles. The number of halogens is 2. The molecule has 0 amide bonds. The molecule has 0 bridgehead atoms. The zero-order valence-electron chi connectivity index (χ0n) is 12.7. The third-order valence-corrected chi connectivity index (χ3v) is 4.44. The van der Waals surface area contributed by atoms with Gasteiger partial charge in [-0.15, -0.1) is 0 Å². The fourth-order valence-electron chi connectivity index (χ4n) is 2.42. The lowest BCUT2D eigenvalue weighted by atomic mass is 9.95. The zero-order chi connectivity index (χ0) is 15.4. The molecular weight excluding hydrogens is 346 g/mol. The zero-order valence-corrected chi connectivity index (χ0v) is 15.0. The van der Waals surface area contributed by atoms with E-state index in [9.17, 15) is 0 Å². The molecule has 112 valence electrons. The van der Waals surface area contributed by atoms with Gasteiger partial charge in [0.1, 0.15) is 0 Å². The highest BCUT2D eigenvalue weighted by Crippen LogP contribution is 2.31. The Morgan fingerprint density at radius 1 is 1.05 bits per heavy atom. The summed E-state index contributed by atoms with van der Waals surface area (Å²) in [4.78, 5) is 0. The molecule has 1 N–H and O–H groups in total. The summed E-state index contributed by atoms with van der Waals surface area (Å²) in [5, 5.41) is 4.31. The average Bonchev–Trinajstić information content (AvgIpc) is 2.46. The van der Waals surface area contributed by atoms with Gasteiger partial charge in [0, 0.05) is 9.50 Å². The van der Waals surface area contributed by atoms with E-state index in [0.29, 0.717) is 5.92 Å². The number of hydrogen-bond acceptors (Lipinski definition) is 1. The molecule has 1 atom stereocenters. The predicted molar refractivity (Wildman–Crippen MR) is 95.2 cm³/mol. The molecule has 0 fully saturated rings. The molecule has 0 aliphatic heterocycles. The van der Waals surface area contributed by atoms with E-state index in [1.165, 1.54) is 11.1 Å². The van der Waals surface area contributed by atoms with Crippen LogP contribution in [0.2, 0.25) is 5.02 Å². The van der Waals surface area contributed by atoms with Crippen LogP contribution in [-0.4, -0.2) is 6.54 Å². The first-order chi connectivity index (χ1) is 10.0. The fraction of sp³-hybridized carbons (Fsp3) is 0.333. The maximum absolute atomic E-state index is 6.42. The van der Waals surface area contributed by atoms with Gasteiger partial charge in [-0.3, -0.25) is 0 Å². The van der Waals surface area contributed by atoms with Crippen LogP contribution in [0.25, 0.3) is 0 Å². The van der Waals surface area contributed by atoms with Gasteiger partial charge in [0.15, 0.2) is 0 Å². The standard InChI is InChI=1S/C18H21BrClN/c1-4-21-18(16-10-9-15(19)11-17(16)20)14-7-5-13(6-8-14)12(2)3/h5-12,18,21H,4H2,1-3H3. The van der Waals surface area contributed by atoms with Crippen molar-refractivity contribution in [3.8, 4) is 0 Å². The molecule has 0 radical (unpaired) electrons. The SMILES string of the molecule is CCNC(c1ccc(C(C)C)cc1)c1ccc(Br)cc1Cl. The second kappa shape index (κ2) is 7.44. The van der Waals surface area contributed by atoms with E-state index >= 15 is 0 Å². The molecule has 0 saturated heterocycles. The van der Waals surface area contributed by atoms with Gasteiger partial charge in [0.05, 0.1) is 6.04 Å². The van der Waals surface area contributed by atoms with Crippen LogP contribution in [-0.2, 0) is 0 Å². The lowest BCUT2D eigenvalue weighted by molar-refractivity contribution is 0.630. The Balaban J connectivity index is 2.38. The van der Waals surface area contributed by atoms with Gasteiger partial charge in [0.2, 0.25) is 0 Å². The van der Waals surface area contributed by atoms with Gasteiger partial charge >= 0.3 is 0 Å². The molecule has 2 aromatic rings. The smallest absolute Gasteiger partial charge is 0.0591 e. The molecule has 1 unspecified atom stereocenters. The van der Waals surface area contributed by atoms with Crippen molar-refractivity contribution in [2.75, 3.05) is 6.54 Å². The minimum atomic E-state index is 0.122. The van der Waals surface area contributed by atoms with E-state index in [1.807, 2.05) is 12.1 Å². The van der Waals surface area contributed by atoms with E-state index in [1.54, 1.807) is 0 Å². The van der Waals surface area contributed by atoms with Crippen molar-refractivity contribution in [1.82, 2.24) is 5.32 Å². The molecule has 2 aromatic carbocycles. The van der Waals surface area contributed by atoms with Crippen LogP contribution in [0.3, 0.4) is 0 Å². The molecular formula is C18H21BrClN. The van der Waals surface area contributed by atoms with Crippen molar-refractivity contribution in [2.45, 2.75) is 32.7 Å². The van der Waals surface area contributed by atoms with Gasteiger partial charge < -0.3 is 5.32 Å². The summed E-state index contributed by atoms with van der Waals surface area (Å²) in [7, 11) is 0. The maximum atomic E-state index is 6.42. The summed E-state index contributed by atoms with van der Waals surface area (Å²) in [5.74, 6) is 0.549. The van der Waals surface area contributed by atoms with Gasteiger partial charge in [-0.05, 0) is 41.3 Å². The van der Waals surface area contributed by atoms with Gasteiger partial charge in [-0.1, -0.05) is 78.6 Å². The molecule has 1 nitrogen and oxygen atoms in total. The maximum Gasteiger partial charge on any atom is 0.0591 e. The Morgan fingerprint density at radius 2 is 1.67 bits per heavy atom. The molecule has 0 aliphatic carbocycles. The average molecular weight is 367 g/mol. The Bertz CT molecular complexity index is 593. The molecule has 3 heteroatoms. The first-order valence-corrected chi connectivity index (χ1v) is 8.48. The van der Waals surface area contributed by atoms with Crippen LogP contribution < -0.4 is 5.32 Å². The number of nitrogens with one attached hydrogen (secondary N) is 1. The van der Waals surface area contributed by atoms with E-state index in [-0.39, 0.29) is 6.04 Å². The highest BCUT2D eigenvalue weighted by Gasteiger charge is 2.16. The van der Waals surface area contributed by atoms with Crippen molar-refractivity contribution in [3.05, 3.63) is 68.7 Å². The van der Waals surface area contributed by atoms with Crippen molar-refractivity contribution in [2.24, 2.45) is 0 Å². The van der Waals surface area contributed by atoms with Crippen LogP contribution in [0, 0.1) is 0 Å². The van der Waals surface area contributed by atoms with Crippen molar-refractivity contribution >= 4 is 27.5 Å². The third-order valence-electron chi connectivity index (χ3n) is 3.62. The van der Waals surface area contributed by atoms with E-state index < -0.39 is 0 Å². The van der Waals surface area contributed by atoms with Crippen LogP contribution >= 0.6 is 27.5 Å². The van der Waals surface area contributed by atoms with Gasteiger partial charge in [-0.25, -0.2) is 0 Å². The normalized spacial score (nSPS) is 12.7. The Labute approximate surface area is 140 Å². The summed E-state index contributed by atoms with van der Waals surface area (Å²) in [5.41, 5.74) is 3.71. The molecule has 0 spiro atoms. The second-order valence-electron chi connectivity index (χ2n) is 5.48. The lowest BCUT2D eigenvalue weighted by Crippen LogP contribution is -2.22. The highest BCUT2D eigenvalue weighted by molar-refractivity contribution is 9.10. The van der Waals surface area contributed by atoms with Crippen molar-refractivity contribution in [3.63, 3.8) is 0 Å². The summed E-state index contributed by atoms with van der Waals surface area (Å²) in [6.45, 7) is 7.43. The quantitative estimate of drug-likeness (QED) is 0.692. The van der Waals surface area contributed by atoms with E-state index in [2.05, 4.69) is 72.3 Å². The Hall–Kier alpha value is -0.830. The molecule has 0 aliphatic rings. The van der Waals surface area contributed by atoms with E-state index in [4.69, 9.17) is 11.6 Å². The topological polar surface area (TPSA) is 12.0 Å². The second-order valence-corrected chi connectivity index (χ2v) is 6.80. The largest absolute Gasteiger partial charge is 0.306 e. The number of benzene rings is 2. The molecule has 0 heterocycles. The van der Waals surface area contributed by atoms with Crippen molar-refractivity contribution < 1.29 is 0 Å². The first kappa shape index (κ1) is 16.5. The van der Waals surface area contributed by atoms with Crippen LogP contribution in [0.15, 0.2) is 46.9 Å². The lowest BCUT2D eigenvalue weighted by Gasteiger charge is -2.21. The minimum absolute atomic E-state index is 0.122.